The normalized spacial score (nSPS) is 20.7. The first-order valence-electron chi connectivity index (χ1n) is 5.61. The molecule has 0 radical (unpaired) electrons. The van der Waals surface area contributed by atoms with Gasteiger partial charge in [0.15, 0.2) is 0 Å². The summed E-state index contributed by atoms with van der Waals surface area (Å²) in [7, 11) is 1.99. The third-order valence-corrected chi connectivity index (χ3v) is 3.16. The second-order valence-corrected chi connectivity index (χ2v) is 4.48. The zero-order chi connectivity index (χ0) is 11.5. The predicted octanol–water partition coefficient (Wildman–Crippen LogP) is 2.38. The third-order valence-electron chi connectivity index (χ3n) is 3.16. The van der Waals surface area contributed by atoms with Crippen molar-refractivity contribution in [2.75, 3.05) is 7.05 Å². The number of hydrogen-bond acceptors (Lipinski definition) is 2. The van der Waals surface area contributed by atoms with Crippen LogP contribution in [0.2, 0.25) is 0 Å². The summed E-state index contributed by atoms with van der Waals surface area (Å²) in [5.41, 5.74) is 0.960. The van der Waals surface area contributed by atoms with Crippen LogP contribution in [-0.2, 0) is 11.3 Å². The Labute approximate surface area is 95.1 Å². The maximum atomic E-state index is 13.0. The van der Waals surface area contributed by atoms with Gasteiger partial charge in [0, 0.05) is 25.4 Å². The molecule has 1 fully saturated rings. The van der Waals surface area contributed by atoms with E-state index in [1.807, 2.05) is 13.1 Å². The van der Waals surface area contributed by atoms with Gasteiger partial charge in [-0.1, -0.05) is 12.1 Å². The number of hydrogen-bond donors (Lipinski definition) is 0. The molecule has 1 aromatic carbocycles. The molecule has 16 heavy (non-hydrogen) atoms. The Bertz CT molecular complexity index is 391. The molecule has 0 amide bonds. The van der Waals surface area contributed by atoms with Crippen LogP contribution < -0.4 is 0 Å². The van der Waals surface area contributed by atoms with Crippen molar-refractivity contribution >= 4 is 5.78 Å². The fourth-order valence-electron chi connectivity index (χ4n) is 2.22. The van der Waals surface area contributed by atoms with Crippen molar-refractivity contribution < 1.29 is 9.18 Å². The van der Waals surface area contributed by atoms with Crippen LogP contribution in [0.1, 0.15) is 24.8 Å². The maximum Gasteiger partial charge on any atom is 0.134 e. The van der Waals surface area contributed by atoms with E-state index in [0.717, 1.165) is 12.0 Å². The van der Waals surface area contributed by atoms with E-state index in [0.29, 0.717) is 31.2 Å². The van der Waals surface area contributed by atoms with Gasteiger partial charge in [0.1, 0.15) is 11.6 Å². The van der Waals surface area contributed by atoms with Gasteiger partial charge in [-0.3, -0.25) is 9.69 Å². The summed E-state index contributed by atoms with van der Waals surface area (Å²) in [4.78, 5) is 13.3. The van der Waals surface area contributed by atoms with E-state index in [1.165, 1.54) is 6.07 Å². The molecule has 0 bridgehead atoms. The molecule has 1 aliphatic carbocycles. The van der Waals surface area contributed by atoms with Crippen LogP contribution in [0.3, 0.4) is 0 Å². The lowest BCUT2D eigenvalue weighted by molar-refractivity contribution is -0.117. The molecule has 3 heteroatoms. The molecule has 1 aromatic rings. The zero-order valence-electron chi connectivity index (χ0n) is 9.45. The van der Waals surface area contributed by atoms with E-state index in [-0.39, 0.29) is 5.82 Å². The van der Waals surface area contributed by atoms with Gasteiger partial charge in [-0.25, -0.2) is 4.39 Å². The summed E-state index contributed by atoms with van der Waals surface area (Å²) in [6, 6.07) is 6.96. The van der Waals surface area contributed by atoms with Gasteiger partial charge < -0.3 is 0 Å². The van der Waals surface area contributed by atoms with Gasteiger partial charge >= 0.3 is 0 Å². The Kier molecular flexibility index (Phi) is 3.34. The van der Waals surface area contributed by atoms with Crippen LogP contribution in [0, 0.1) is 5.82 Å². The Balaban J connectivity index is 1.96. The highest BCUT2D eigenvalue weighted by atomic mass is 19.1. The molecular weight excluding hydrogens is 205 g/mol. The number of carbonyl (C=O) groups is 1. The highest BCUT2D eigenvalue weighted by Crippen LogP contribution is 2.21. The average molecular weight is 221 g/mol. The first kappa shape index (κ1) is 11.3. The zero-order valence-corrected chi connectivity index (χ0v) is 9.45. The summed E-state index contributed by atoms with van der Waals surface area (Å²) in [6.45, 7) is 0.704. The molecule has 0 saturated heterocycles. The second-order valence-electron chi connectivity index (χ2n) is 4.48. The summed E-state index contributed by atoms with van der Waals surface area (Å²) in [5.74, 6) is 0.143. The molecule has 1 saturated carbocycles. The molecule has 1 unspecified atom stereocenters. The van der Waals surface area contributed by atoms with Crippen molar-refractivity contribution in [3.8, 4) is 0 Å². The Morgan fingerprint density at radius 1 is 1.50 bits per heavy atom. The molecule has 0 heterocycles. The van der Waals surface area contributed by atoms with E-state index in [2.05, 4.69) is 4.90 Å². The SMILES string of the molecule is CN(Cc1cccc(F)c1)C1CCC(=O)C1. The van der Waals surface area contributed by atoms with Gasteiger partial charge in [-0.15, -0.1) is 0 Å². The van der Waals surface area contributed by atoms with Crippen molar-refractivity contribution in [2.45, 2.75) is 31.8 Å². The molecule has 1 atom stereocenters. The van der Waals surface area contributed by atoms with Gasteiger partial charge in [0.25, 0.3) is 0 Å². The van der Waals surface area contributed by atoms with Crippen molar-refractivity contribution in [1.82, 2.24) is 4.90 Å². The third kappa shape index (κ3) is 2.67. The summed E-state index contributed by atoms with van der Waals surface area (Å²) in [6.07, 6.45) is 2.27. The quantitative estimate of drug-likeness (QED) is 0.781. The van der Waals surface area contributed by atoms with Crippen LogP contribution in [0.4, 0.5) is 4.39 Å². The number of halogens is 1. The summed E-state index contributed by atoms with van der Waals surface area (Å²) in [5, 5.41) is 0. The number of ketones is 1. The number of Topliss-reactive ketones (excluding diaryl/α,β-unsaturated/α-hetero) is 1. The molecule has 0 N–H and O–H groups in total. The Morgan fingerprint density at radius 2 is 2.31 bits per heavy atom. The average Bonchev–Trinajstić information content (AvgIpc) is 2.65. The van der Waals surface area contributed by atoms with Gasteiger partial charge in [-0.05, 0) is 31.2 Å². The van der Waals surface area contributed by atoms with Crippen LogP contribution in [-0.4, -0.2) is 23.8 Å². The number of nitrogens with zero attached hydrogens (tertiary/aromatic N) is 1. The number of carbonyl (C=O) groups excluding carboxylic acids is 1. The van der Waals surface area contributed by atoms with E-state index < -0.39 is 0 Å². The van der Waals surface area contributed by atoms with Gasteiger partial charge in [-0.2, -0.15) is 0 Å². The monoisotopic (exact) mass is 221 g/mol. The lowest BCUT2D eigenvalue weighted by atomic mass is 10.1. The minimum atomic E-state index is -0.201. The second kappa shape index (κ2) is 4.74. The highest BCUT2D eigenvalue weighted by Gasteiger charge is 2.25. The molecule has 2 rings (SSSR count). The smallest absolute Gasteiger partial charge is 0.134 e. The lowest BCUT2D eigenvalue weighted by Crippen LogP contribution is -2.29. The lowest BCUT2D eigenvalue weighted by Gasteiger charge is -2.23. The topological polar surface area (TPSA) is 20.3 Å². The Hall–Kier alpha value is -1.22. The molecule has 1 aliphatic rings. The van der Waals surface area contributed by atoms with E-state index in [1.54, 1.807) is 12.1 Å². The van der Waals surface area contributed by atoms with Gasteiger partial charge in [0.05, 0.1) is 0 Å². The molecule has 0 aromatic heterocycles. The molecule has 2 nitrogen and oxygen atoms in total. The van der Waals surface area contributed by atoms with Crippen molar-refractivity contribution in [1.29, 1.82) is 0 Å². The predicted molar refractivity (Wildman–Crippen MR) is 60.5 cm³/mol. The minimum absolute atomic E-state index is 0.201. The molecule has 86 valence electrons. The van der Waals surface area contributed by atoms with Crippen LogP contribution in [0.15, 0.2) is 24.3 Å². The molecule has 0 aliphatic heterocycles. The van der Waals surface area contributed by atoms with Crippen LogP contribution >= 0.6 is 0 Å². The first-order valence-corrected chi connectivity index (χ1v) is 5.61. The van der Waals surface area contributed by atoms with Crippen molar-refractivity contribution in [3.05, 3.63) is 35.6 Å². The first-order chi connectivity index (χ1) is 7.65. The number of rotatable bonds is 3. The maximum absolute atomic E-state index is 13.0. The Morgan fingerprint density at radius 3 is 2.94 bits per heavy atom. The van der Waals surface area contributed by atoms with Crippen molar-refractivity contribution in [2.24, 2.45) is 0 Å². The van der Waals surface area contributed by atoms with E-state index >= 15 is 0 Å². The largest absolute Gasteiger partial charge is 0.300 e. The fraction of sp³-hybridized carbons (Fsp3) is 0.462. The summed E-state index contributed by atoms with van der Waals surface area (Å²) < 4.78 is 13.0. The highest BCUT2D eigenvalue weighted by molar-refractivity contribution is 5.81. The number of benzene rings is 1. The van der Waals surface area contributed by atoms with Crippen molar-refractivity contribution in [3.63, 3.8) is 0 Å². The van der Waals surface area contributed by atoms with Crippen LogP contribution in [0.25, 0.3) is 0 Å². The fourth-order valence-corrected chi connectivity index (χ4v) is 2.22. The van der Waals surface area contributed by atoms with Gasteiger partial charge in [0.2, 0.25) is 0 Å². The summed E-state index contributed by atoms with van der Waals surface area (Å²) >= 11 is 0. The standard InChI is InChI=1S/C13H16FNO/c1-15(12-5-6-13(16)8-12)9-10-3-2-4-11(14)7-10/h2-4,7,12H,5-6,8-9H2,1H3. The van der Waals surface area contributed by atoms with E-state index in [9.17, 15) is 9.18 Å². The van der Waals surface area contributed by atoms with Crippen LogP contribution in [0.5, 0.6) is 0 Å². The molecular formula is C13H16FNO. The van der Waals surface area contributed by atoms with E-state index in [4.69, 9.17) is 0 Å². The minimum Gasteiger partial charge on any atom is -0.300 e. The molecule has 0 spiro atoms.